The van der Waals surface area contributed by atoms with Gasteiger partial charge in [0, 0.05) is 6.54 Å². The number of methoxy groups -OCH3 is 1. The normalized spacial score (nSPS) is 19.1. The maximum atomic E-state index is 12.2. The molecule has 1 fully saturated rings. The molecule has 0 aliphatic carbocycles. The number of esters is 1. The molecule has 142 valence electrons. The molecule has 25 heavy (non-hydrogen) atoms. The minimum Gasteiger partial charge on any atom is -0.468 e. The van der Waals surface area contributed by atoms with Gasteiger partial charge in [-0.05, 0) is 48.5 Å². The highest BCUT2D eigenvalue weighted by Gasteiger charge is 2.50. The zero-order valence-corrected chi connectivity index (χ0v) is 16.5. The lowest BCUT2D eigenvalue weighted by molar-refractivity contribution is -0.141. The Labute approximate surface area is 150 Å². The maximum Gasteiger partial charge on any atom is 0.486 e. The molecule has 1 heterocycles. The fourth-order valence-corrected chi connectivity index (χ4v) is 2.02. The Balaban J connectivity index is 2.72. The first kappa shape index (κ1) is 21.5. The molecule has 8 heteroatoms. The molecule has 1 amide bonds. The molecule has 0 aromatic rings. The van der Waals surface area contributed by atoms with Gasteiger partial charge in [-0.25, -0.2) is 4.79 Å². The molecule has 1 aliphatic rings. The van der Waals surface area contributed by atoms with E-state index in [0.717, 1.165) is 0 Å². The summed E-state index contributed by atoms with van der Waals surface area (Å²) in [6.45, 7) is 13.1. The second-order valence-electron chi connectivity index (χ2n) is 7.99. The number of hydrogen-bond acceptors (Lipinski definition) is 6. The summed E-state index contributed by atoms with van der Waals surface area (Å²) in [5, 5.41) is 0. The largest absolute Gasteiger partial charge is 0.486 e. The van der Waals surface area contributed by atoms with E-state index in [1.54, 1.807) is 32.8 Å². The Morgan fingerprint density at radius 1 is 1.12 bits per heavy atom. The molecule has 0 spiro atoms. The maximum absolute atomic E-state index is 12.2. The van der Waals surface area contributed by atoms with Gasteiger partial charge in [-0.1, -0.05) is 12.1 Å². The Kier molecular flexibility index (Phi) is 6.70. The molecular formula is C17H30BNO6. The lowest BCUT2D eigenvalue weighted by atomic mass is 9.90. The van der Waals surface area contributed by atoms with E-state index in [1.165, 1.54) is 12.0 Å². The summed E-state index contributed by atoms with van der Waals surface area (Å²) in [4.78, 5) is 25.0. The molecule has 0 N–H and O–H groups in total. The van der Waals surface area contributed by atoms with E-state index in [2.05, 4.69) is 4.74 Å². The van der Waals surface area contributed by atoms with Crippen molar-refractivity contribution >= 4 is 19.2 Å². The van der Waals surface area contributed by atoms with Crippen molar-refractivity contribution in [3.63, 3.8) is 0 Å². The quantitative estimate of drug-likeness (QED) is 0.557. The molecule has 0 bridgehead atoms. The third-order valence-corrected chi connectivity index (χ3v) is 4.09. The van der Waals surface area contributed by atoms with E-state index in [0.29, 0.717) is 0 Å². The summed E-state index contributed by atoms with van der Waals surface area (Å²) >= 11 is 0. The molecule has 1 rings (SSSR count). The minimum atomic E-state index is -0.652. The van der Waals surface area contributed by atoms with Gasteiger partial charge in [-0.2, -0.15) is 0 Å². The fourth-order valence-electron chi connectivity index (χ4n) is 2.02. The van der Waals surface area contributed by atoms with Gasteiger partial charge in [0.05, 0.1) is 18.3 Å². The lowest BCUT2D eigenvalue weighted by Crippen LogP contribution is -2.41. The summed E-state index contributed by atoms with van der Waals surface area (Å²) in [5.41, 5.74) is -1.52. The SMILES string of the molecule is COC(=O)CN(C/C=C/B1OC(C)(C)C(C)(C)O1)C(=O)OC(C)(C)C. The van der Waals surface area contributed by atoms with Gasteiger partial charge in [0.1, 0.15) is 12.1 Å². The average Bonchev–Trinajstić information content (AvgIpc) is 2.63. The smallest absolute Gasteiger partial charge is 0.468 e. The van der Waals surface area contributed by atoms with E-state index < -0.39 is 36.0 Å². The second kappa shape index (κ2) is 7.78. The Morgan fingerprint density at radius 2 is 1.64 bits per heavy atom. The summed E-state index contributed by atoms with van der Waals surface area (Å²) in [7, 11) is 0.763. The van der Waals surface area contributed by atoms with Crippen LogP contribution < -0.4 is 0 Å². The first-order chi connectivity index (χ1) is 11.3. The molecule has 1 aliphatic heterocycles. The summed E-state index contributed by atoms with van der Waals surface area (Å²) in [6, 6.07) is 0. The molecule has 0 radical (unpaired) electrons. The van der Waals surface area contributed by atoms with Crippen LogP contribution in [0.5, 0.6) is 0 Å². The summed E-state index contributed by atoms with van der Waals surface area (Å²) in [6.07, 6.45) is 1.13. The summed E-state index contributed by atoms with van der Waals surface area (Å²) in [5.74, 6) is 1.21. The second-order valence-corrected chi connectivity index (χ2v) is 7.99. The van der Waals surface area contributed by atoms with Crippen molar-refractivity contribution in [3.8, 4) is 0 Å². The number of amides is 1. The van der Waals surface area contributed by atoms with Gasteiger partial charge in [-0.3, -0.25) is 9.69 Å². The third-order valence-electron chi connectivity index (χ3n) is 4.09. The molecule has 0 unspecified atom stereocenters. The van der Waals surface area contributed by atoms with Gasteiger partial charge in [0.15, 0.2) is 0 Å². The van der Waals surface area contributed by atoms with E-state index in [-0.39, 0.29) is 13.1 Å². The van der Waals surface area contributed by atoms with Gasteiger partial charge in [0.25, 0.3) is 0 Å². The van der Waals surface area contributed by atoms with Crippen LogP contribution in [0.2, 0.25) is 0 Å². The van der Waals surface area contributed by atoms with Crippen molar-refractivity contribution in [2.45, 2.75) is 65.3 Å². The van der Waals surface area contributed by atoms with Crippen molar-refractivity contribution in [1.82, 2.24) is 4.90 Å². The number of carbonyl (C=O) groups is 2. The number of nitrogens with zero attached hydrogens (tertiary/aromatic N) is 1. The van der Waals surface area contributed by atoms with E-state index in [1.807, 2.05) is 27.7 Å². The molecule has 0 aromatic heterocycles. The van der Waals surface area contributed by atoms with Crippen LogP contribution in [0.4, 0.5) is 4.79 Å². The van der Waals surface area contributed by atoms with Crippen molar-refractivity contribution in [2.24, 2.45) is 0 Å². The third kappa shape index (κ3) is 6.36. The van der Waals surface area contributed by atoms with Gasteiger partial charge < -0.3 is 18.8 Å². The first-order valence-corrected chi connectivity index (χ1v) is 8.34. The zero-order chi connectivity index (χ0) is 19.5. The molecule has 7 nitrogen and oxygen atoms in total. The van der Waals surface area contributed by atoms with Crippen molar-refractivity contribution < 1.29 is 28.4 Å². The highest BCUT2D eigenvalue weighted by molar-refractivity contribution is 6.51. The number of hydrogen-bond donors (Lipinski definition) is 0. The molecular weight excluding hydrogens is 325 g/mol. The monoisotopic (exact) mass is 355 g/mol. The lowest BCUT2D eigenvalue weighted by Gasteiger charge is -2.32. The predicted molar refractivity (Wildman–Crippen MR) is 95.0 cm³/mol. The van der Waals surface area contributed by atoms with Crippen molar-refractivity contribution in [3.05, 3.63) is 12.1 Å². The van der Waals surface area contributed by atoms with Crippen LogP contribution in [0.3, 0.4) is 0 Å². The topological polar surface area (TPSA) is 74.3 Å². The minimum absolute atomic E-state index is 0.175. The van der Waals surface area contributed by atoms with Crippen molar-refractivity contribution in [2.75, 3.05) is 20.2 Å². The van der Waals surface area contributed by atoms with E-state index in [4.69, 9.17) is 14.0 Å². The van der Waals surface area contributed by atoms with Crippen LogP contribution in [0, 0.1) is 0 Å². The van der Waals surface area contributed by atoms with Gasteiger partial charge in [0.2, 0.25) is 0 Å². The van der Waals surface area contributed by atoms with Gasteiger partial charge >= 0.3 is 19.2 Å². The molecule has 0 atom stereocenters. The van der Waals surface area contributed by atoms with Crippen LogP contribution in [-0.4, -0.2) is 61.1 Å². The van der Waals surface area contributed by atoms with Crippen LogP contribution in [0.1, 0.15) is 48.5 Å². The van der Waals surface area contributed by atoms with E-state index >= 15 is 0 Å². The molecule has 0 saturated carbocycles. The Bertz CT molecular complexity index is 508. The highest BCUT2D eigenvalue weighted by atomic mass is 16.7. The molecule has 0 aromatic carbocycles. The summed E-state index contributed by atoms with van der Waals surface area (Å²) < 4.78 is 21.7. The van der Waals surface area contributed by atoms with Crippen LogP contribution in [0.15, 0.2) is 12.1 Å². The highest BCUT2D eigenvalue weighted by Crippen LogP contribution is 2.36. The Hall–Kier alpha value is -1.54. The molecule has 1 saturated heterocycles. The van der Waals surface area contributed by atoms with Crippen LogP contribution in [0.25, 0.3) is 0 Å². The van der Waals surface area contributed by atoms with Crippen LogP contribution >= 0.6 is 0 Å². The van der Waals surface area contributed by atoms with Crippen molar-refractivity contribution in [1.29, 1.82) is 0 Å². The number of ether oxygens (including phenoxy) is 2. The first-order valence-electron chi connectivity index (χ1n) is 8.34. The standard InChI is InChI=1S/C17H30BNO6/c1-15(2,3)23-14(21)19(12-13(20)22-8)11-9-10-18-24-16(4,5)17(6,7)25-18/h9-10H,11-12H2,1-8H3/b10-9+. The van der Waals surface area contributed by atoms with E-state index in [9.17, 15) is 9.59 Å². The van der Waals surface area contributed by atoms with Gasteiger partial charge in [-0.15, -0.1) is 0 Å². The zero-order valence-electron chi connectivity index (χ0n) is 16.5. The number of carbonyl (C=O) groups excluding carboxylic acids is 2. The average molecular weight is 355 g/mol. The predicted octanol–water partition coefficient (Wildman–Crippen LogP) is 2.58. The number of rotatable bonds is 5. The van der Waals surface area contributed by atoms with Crippen LogP contribution in [-0.2, 0) is 23.6 Å². The Morgan fingerprint density at radius 3 is 2.08 bits per heavy atom. The fraction of sp³-hybridized carbons (Fsp3) is 0.765.